The van der Waals surface area contributed by atoms with Gasteiger partial charge in [-0.3, -0.25) is 10.1 Å². The third kappa shape index (κ3) is 4.08. The van der Waals surface area contributed by atoms with Crippen molar-refractivity contribution in [3.05, 3.63) is 75.8 Å². The van der Waals surface area contributed by atoms with Gasteiger partial charge < -0.3 is 4.74 Å². The number of benzene rings is 2. The molecule has 2 aromatic rings. The smallest absolute Gasteiger partial charge is 0.338 e. The van der Waals surface area contributed by atoms with E-state index in [9.17, 15) is 14.9 Å². The van der Waals surface area contributed by atoms with Crippen LogP contribution in [0.1, 0.15) is 21.2 Å². The average Bonchev–Trinajstić information content (AvgIpc) is 2.54. The minimum Gasteiger partial charge on any atom is -0.465 e. The highest BCUT2D eigenvalue weighted by Crippen LogP contribution is 2.37. The molecule has 0 saturated carbocycles. The molecule has 0 aromatic heterocycles. The van der Waals surface area contributed by atoms with Gasteiger partial charge in [-0.25, -0.2) is 4.79 Å². The molecule has 22 heavy (non-hydrogen) atoms. The van der Waals surface area contributed by atoms with Crippen LogP contribution >= 0.6 is 11.8 Å². The number of nitrogens with zero attached hydrogens (tertiary/aromatic N) is 1. The topological polar surface area (TPSA) is 69.4 Å². The van der Waals surface area contributed by atoms with Crippen molar-refractivity contribution >= 4 is 17.7 Å². The van der Waals surface area contributed by atoms with E-state index in [1.54, 1.807) is 24.3 Å². The normalized spacial score (nSPS) is 11.7. The summed E-state index contributed by atoms with van der Waals surface area (Å²) < 4.78 is 4.76. The number of rotatable bonds is 6. The molecular formula is C16H15NO4S. The summed E-state index contributed by atoms with van der Waals surface area (Å²) in [5.41, 5.74) is 1.27. The number of nitro groups is 1. The summed E-state index contributed by atoms with van der Waals surface area (Å²) in [6.07, 6.45) is 0. The second-order valence-electron chi connectivity index (χ2n) is 4.52. The maximum absolute atomic E-state index is 11.8. The Morgan fingerprint density at radius 1 is 1.18 bits per heavy atom. The Bertz CT molecular complexity index is 660. The molecule has 0 aliphatic heterocycles. The molecule has 0 fully saturated rings. The first-order chi connectivity index (χ1) is 10.6. The number of methoxy groups -OCH3 is 1. The van der Waals surface area contributed by atoms with Crippen LogP contribution in [0.15, 0.2) is 59.5 Å². The lowest BCUT2D eigenvalue weighted by atomic mass is 10.1. The molecule has 0 aliphatic rings. The van der Waals surface area contributed by atoms with Crippen LogP contribution in [-0.4, -0.2) is 24.5 Å². The van der Waals surface area contributed by atoms with Gasteiger partial charge in [0.05, 0.1) is 17.9 Å². The monoisotopic (exact) mass is 317 g/mol. The van der Waals surface area contributed by atoms with E-state index in [2.05, 4.69) is 0 Å². The fourth-order valence-corrected chi connectivity index (χ4v) is 3.25. The van der Waals surface area contributed by atoms with Crippen LogP contribution in [0.25, 0.3) is 0 Å². The van der Waals surface area contributed by atoms with Crippen molar-refractivity contribution in [1.82, 2.24) is 0 Å². The lowest BCUT2D eigenvalue weighted by Gasteiger charge is -2.15. The summed E-state index contributed by atoms with van der Waals surface area (Å²) in [5, 5.41) is 10.6. The number of thioether (sulfide) groups is 1. The Morgan fingerprint density at radius 3 is 2.45 bits per heavy atom. The third-order valence-electron chi connectivity index (χ3n) is 3.05. The zero-order chi connectivity index (χ0) is 15.9. The molecule has 0 spiro atoms. The molecule has 2 aromatic carbocycles. The molecule has 1 atom stereocenters. The molecule has 0 bridgehead atoms. The van der Waals surface area contributed by atoms with E-state index in [0.29, 0.717) is 10.5 Å². The van der Waals surface area contributed by atoms with Gasteiger partial charge in [-0.1, -0.05) is 42.5 Å². The van der Waals surface area contributed by atoms with E-state index in [1.165, 1.54) is 18.9 Å². The lowest BCUT2D eigenvalue weighted by Crippen LogP contribution is -2.11. The van der Waals surface area contributed by atoms with Crippen molar-refractivity contribution in [2.75, 3.05) is 13.7 Å². The average molecular weight is 317 g/mol. The number of hydrogen-bond acceptors (Lipinski definition) is 5. The Kier molecular flexibility index (Phi) is 5.55. The van der Waals surface area contributed by atoms with Gasteiger partial charge in [0.1, 0.15) is 0 Å². The molecule has 0 unspecified atom stereocenters. The van der Waals surface area contributed by atoms with Crippen LogP contribution in [0, 0.1) is 10.1 Å². The van der Waals surface area contributed by atoms with Gasteiger partial charge in [-0.15, -0.1) is 11.8 Å². The van der Waals surface area contributed by atoms with Gasteiger partial charge in [-0.05, 0) is 17.7 Å². The number of ether oxygens (including phenoxy) is 1. The van der Waals surface area contributed by atoms with Crippen molar-refractivity contribution in [1.29, 1.82) is 0 Å². The standard InChI is InChI=1S/C16H15NO4S/c1-21-16(18)13-9-5-6-10-14(13)22-15(11-17(19)20)12-7-3-2-4-8-12/h2-10,15H,11H2,1H3/t15-/m1/s1. The van der Waals surface area contributed by atoms with E-state index < -0.39 is 5.97 Å². The predicted octanol–water partition coefficient (Wildman–Crippen LogP) is 3.58. The molecule has 0 aliphatic carbocycles. The van der Waals surface area contributed by atoms with E-state index in [4.69, 9.17) is 4.74 Å². The van der Waals surface area contributed by atoms with Crippen molar-refractivity contribution in [3.63, 3.8) is 0 Å². The molecule has 0 saturated heterocycles. The molecule has 0 N–H and O–H groups in total. The van der Waals surface area contributed by atoms with E-state index in [1.807, 2.05) is 30.3 Å². The third-order valence-corrected chi connectivity index (χ3v) is 4.36. The molecular weight excluding hydrogens is 302 g/mol. The summed E-state index contributed by atoms with van der Waals surface area (Å²) in [5.74, 6) is -0.448. The zero-order valence-electron chi connectivity index (χ0n) is 12.0. The van der Waals surface area contributed by atoms with Crippen LogP contribution in [0.5, 0.6) is 0 Å². The molecule has 0 radical (unpaired) electrons. The van der Waals surface area contributed by atoms with Crippen molar-refractivity contribution in [2.24, 2.45) is 0 Å². The van der Waals surface area contributed by atoms with E-state index in [-0.39, 0.29) is 16.7 Å². The predicted molar refractivity (Wildman–Crippen MR) is 84.7 cm³/mol. The minimum absolute atomic E-state index is 0.218. The minimum atomic E-state index is -0.448. The molecule has 0 amide bonds. The highest BCUT2D eigenvalue weighted by Gasteiger charge is 2.22. The fraction of sp³-hybridized carbons (Fsp3) is 0.188. The maximum atomic E-state index is 11.8. The fourth-order valence-electron chi connectivity index (χ4n) is 2.02. The Morgan fingerprint density at radius 2 is 1.82 bits per heavy atom. The van der Waals surface area contributed by atoms with Crippen molar-refractivity contribution < 1.29 is 14.5 Å². The second kappa shape index (κ2) is 7.61. The first-order valence-corrected chi connectivity index (χ1v) is 7.50. The summed E-state index contributed by atoms with van der Waals surface area (Å²) in [4.78, 5) is 23.1. The molecule has 114 valence electrons. The summed E-state index contributed by atoms with van der Waals surface area (Å²) in [6.45, 7) is -0.218. The molecule has 0 heterocycles. The summed E-state index contributed by atoms with van der Waals surface area (Å²) >= 11 is 1.30. The highest BCUT2D eigenvalue weighted by molar-refractivity contribution is 7.99. The van der Waals surface area contributed by atoms with Crippen LogP contribution in [0.3, 0.4) is 0 Å². The van der Waals surface area contributed by atoms with Gasteiger partial charge in [0.2, 0.25) is 6.54 Å². The van der Waals surface area contributed by atoms with Crippen LogP contribution in [-0.2, 0) is 4.74 Å². The Labute approximate surface area is 132 Å². The Hall–Kier alpha value is -2.34. The number of hydrogen-bond donors (Lipinski definition) is 0. The zero-order valence-corrected chi connectivity index (χ0v) is 12.8. The van der Waals surface area contributed by atoms with Gasteiger partial charge in [0, 0.05) is 9.82 Å². The summed E-state index contributed by atoms with van der Waals surface area (Å²) in [6, 6.07) is 16.2. The van der Waals surface area contributed by atoms with Gasteiger partial charge >= 0.3 is 5.97 Å². The van der Waals surface area contributed by atoms with Crippen LogP contribution in [0.2, 0.25) is 0 Å². The van der Waals surface area contributed by atoms with E-state index >= 15 is 0 Å². The van der Waals surface area contributed by atoms with Crippen LogP contribution in [0.4, 0.5) is 0 Å². The number of carbonyl (C=O) groups is 1. The second-order valence-corrected chi connectivity index (χ2v) is 5.76. The van der Waals surface area contributed by atoms with Gasteiger partial charge in [0.25, 0.3) is 0 Å². The van der Waals surface area contributed by atoms with Gasteiger partial charge in [-0.2, -0.15) is 0 Å². The summed E-state index contributed by atoms with van der Waals surface area (Å²) in [7, 11) is 1.31. The first kappa shape index (κ1) is 16.0. The van der Waals surface area contributed by atoms with Crippen molar-refractivity contribution in [3.8, 4) is 0 Å². The number of esters is 1. The largest absolute Gasteiger partial charge is 0.465 e. The molecule has 6 heteroatoms. The quantitative estimate of drug-likeness (QED) is 0.352. The SMILES string of the molecule is COC(=O)c1ccccc1S[C@H](C[N+](=O)[O-])c1ccccc1. The molecule has 5 nitrogen and oxygen atoms in total. The Balaban J connectivity index is 2.32. The van der Waals surface area contributed by atoms with Crippen LogP contribution < -0.4 is 0 Å². The van der Waals surface area contributed by atoms with E-state index in [0.717, 1.165) is 5.56 Å². The van der Waals surface area contributed by atoms with Crippen molar-refractivity contribution in [2.45, 2.75) is 10.1 Å². The van der Waals surface area contributed by atoms with Gasteiger partial charge in [0.15, 0.2) is 0 Å². The molecule has 2 rings (SSSR count). The highest BCUT2D eigenvalue weighted by atomic mass is 32.2. The number of carbonyl (C=O) groups excluding carboxylic acids is 1. The first-order valence-electron chi connectivity index (χ1n) is 6.62. The maximum Gasteiger partial charge on any atom is 0.338 e. The lowest BCUT2D eigenvalue weighted by molar-refractivity contribution is -0.479.